The number of methoxy groups -OCH3 is 1. The van der Waals surface area contributed by atoms with Crippen molar-refractivity contribution in [3.05, 3.63) is 29.3 Å². The molecular formula is C17H25NO4. The van der Waals surface area contributed by atoms with Crippen LogP contribution in [0.3, 0.4) is 0 Å². The molecule has 122 valence electrons. The van der Waals surface area contributed by atoms with Gasteiger partial charge in [-0.05, 0) is 30.0 Å². The first-order chi connectivity index (χ1) is 10.5. The van der Waals surface area contributed by atoms with Gasteiger partial charge in [-0.25, -0.2) is 4.79 Å². The van der Waals surface area contributed by atoms with E-state index in [4.69, 9.17) is 9.84 Å². The molecule has 1 aromatic carbocycles. The van der Waals surface area contributed by atoms with Crippen molar-refractivity contribution in [3.63, 3.8) is 0 Å². The lowest BCUT2D eigenvalue weighted by atomic mass is 10.0. The Hall–Kier alpha value is -2.04. The predicted octanol–water partition coefficient (Wildman–Crippen LogP) is 2.88. The molecule has 1 atom stereocenters. The SMILES string of the molecule is CCCC(C)CC(=O)NCCc1ccc(C(=O)O)cc1OC. The van der Waals surface area contributed by atoms with Crippen molar-refractivity contribution in [1.82, 2.24) is 5.32 Å². The summed E-state index contributed by atoms with van der Waals surface area (Å²) in [5.41, 5.74) is 1.08. The smallest absolute Gasteiger partial charge is 0.335 e. The second-order valence-electron chi connectivity index (χ2n) is 5.53. The fourth-order valence-electron chi connectivity index (χ4n) is 2.40. The van der Waals surface area contributed by atoms with Gasteiger partial charge in [0.05, 0.1) is 12.7 Å². The number of hydrogen-bond donors (Lipinski definition) is 2. The van der Waals surface area contributed by atoms with Crippen LogP contribution < -0.4 is 10.1 Å². The van der Waals surface area contributed by atoms with E-state index in [1.54, 1.807) is 12.1 Å². The molecule has 5 heteroatoms. The van der Waals surface area contributed by atoms with Crippen LogP contribution in [0.2, 0.25) is 0 Å². The Balaban J connectivity index is 2.51. The van der Waals surface area contributed by atoms with Crippen molar-refractivity contribution in [2.45, 2.75) is 39.5 Å². The quantitative estimate of drug-likeness (QED) is 0.735. The highest BCUT2D eigenvalue weighted by Crippen LogP contribution is 2.20. The zero-order chi connectivity index (χ0) is 16.5. The van der Waals surface area contributed by atoms with E-state index in [2.05, 4.69) is 19.2 Å². The predicted molar refractivity (Wildman–Crippen MR) is 85.4 cm³/mol. The number of ether oxygens (including phenoxy) is 1. The molecule has 22 heavy (non-hydrogen) atoms. The number of carbonyl (C=O) groups is 2. The maximum absolute atomic E-state index is 11.8. The lowest BCUT2D eigenvalue weighted by Gasteiger charge is -2.12. The third-order valence-electron chi connectivity index (χ3n) is 3.57. The van der Waals surface area contributed by atoms with Gasteiger partial charge in [0.1, 0.15) is 5.75 Å². The number of rotatable bonds is 9. The van der Waals surface area contributed by atoms with Crippen LogP contribution in [0.25, 0.3) is 0 Å². The second-order valence-corrected chi connectivity index (χ2v) is 5.53. The van der Waals surface area contributed by atoms with Crippen LogP contribution in [-0.4, -0.2) is 30.6 Å². The van der Waals surface area contributed by atoms with Gasteiger partial charge < -0.3 is 15.2 Å². The molecule has 5 nitrogen and oxygen atoms in total. The summed E-state index contributed by atoms with van der Waals surface area (Å²) in [4.78, 5) is 22.7. The first-order valence-corrected chi connectivity index (χ1v) is 7.64. The molecule has 0 aliphatic heterocycles. The zero-order valence-electron chi connectivity index (χ0n) is 13.5. The average molecular weight is 307 g/mol. The molecule has 0 aliphatic carbocycles. The van der Waals surface area contributed by atoms with Crippen molar-refractivity contribution in [3.8, 4) is 5.75 Å². The van der Waals surface area contributed by atoms with Crippen LogP contribution in [0.4, 0.5) is 0 Å². The van der Waals surface area contributed by atoms with Crippen molar-refractivity contribution in [2.75, 3.05) is 13.7 Å². The molecule has 0 bridgehead atoms. The van der Waals surface area contributed by atoms with Crippen LogP contribution in [0.15, 0.2) is 18.2 Å². The number of nitrogens with one attached hydrogen (secondary N) is 1. The summed E-state index contributed by atoms with van der Waals surface area (Å²) in [5.74, 6) is 0.00743. The van der Waals surface area contributed by atoms with Crippen molar-refractivity contribution < 1.29 is 19.4 Å². The van der Waals surface area contributed by atoms with Gasteiger partial charge in [-0.15, -0.1) is 0 Å². The number of carbonyl (C=O) groups excluding carboxylic acids is 1. The maximum atomic E-state index is 11.8. The minimum atomic E-state index is -0.983. The van der Waals surface area contributed by atoms with Gasteiger partial charge in [-0.2, -0.15) is 0 Å². The molecule has 1 unspecified atom stereocenters. The second kappa shape index (κ2) is 9.07. The Bertz CT molecular complexity index is 513. The molecule has 0 spiro atoms. The van der Waals surface area contributed by atoms with Crippen LogP contribution in [0, 0.1) is 5.92 Å². The number of hydrogen-bond acceptors (Lipinski definition) is 3. The molecule has 0 saturated carbocycles. The number of carboxylic acid groups (broad SMARTS) is 1. The van der Waals surface area contributed by atoms with Crippen LogP contribution >= 0.6 is 0 Å². The minimum Gasteiger partial charge on any atom is -0.496 e. The lowest BCUT2D eigenvalue weighted by Crippen LogP contribution is -2.27. The first kappa shape index (κ1) is 18.0. The van der Waals surface area contributed by atoms with E-state index in [9.17, 15) is 9.59 Å². The Morgan fingerprint density at radius 1 is 1.36 bits per heavy atom. The number of carboxylic acids is 1. The number of benzene rings is 1. The molecule has 0 fully saturated rings. The standard InChI is InChI=1S/C17H25NO4/c1-4-5-12(2)10-16(19)18-9-8-13-6-7-14(17(20)21)11-15(13)22-3/h6-7,11-12H,4-5,8-10H2,1-3H3,(H,18,19)(H,20,21). The third-order valence-corrected chi connectivity index (χ3v) is 3.57. The van der Waals surface area contributed by atoms with Crippen LogP contribution in [0.1, 0.15) is 49.0 Å². The van der Waals surface area contributed by atoms with Gasteiger partial charge >= 0.3 is 5.97 Å². The van der Waals surface area contributed by atoms with E-state index in [1.165, 1.54) is 13.2 Å². The molecule has 1 amide bonds. The van der Waals surface area contributed by atoms with Gasteiger partial charge in [-0.1, -0.05) is 32.8 Å². The van der Waals surface area contributed by atoms with Gasteiger partial charge in [0, 0.05) is 13.0 Å². The summed E-state index contributed by atoms with van der Waals surface area (Å²) in [6.07, 6.45) is 3.29. The minimum absolute atomic E-state index is 0.0575. The molecular weight excluding hydrogens is 282 g/mol. The molecule has 0 aliphatic rings. The first-order valence-electron chi connectivity index (χ1n) is 7.64. The van der Waals surface area contributed by atoms with Gasteiger partial charge in [0.25, 0.3) is 0 Å². The Kier molecular flexibility index (Phi) is 7.43. The van der Waals surface area contributed by atoms with Crippen molar-refractivity contribution in [1.29, 1.82) is 0 Å². The van der Waals surface area contributed by atoms with Gasteiger partial charge in [0.2, 0.25) is 5.91 Å². The van der Waals surface area contributed by atoms with Crippen molar-refractivity contribution in [2.24, 2.45) is 5.92 Å². The Labute approximate surface area is 131 Å². The van der Waals surface area contributed by atoms with E-state index >= 15 is 0 Å². The van der Waals surface area contributed by atoms with E-state index in [1.807, 2.05) is 0 Å². The topological polar surface area (TPSA) is 75.6 Å². The highest BCUT2D eigenvalue weighted by Gasteiger charge is 2.10. The normalized spacial score (nSPS) is 11.8. The Morgan fingerprint density at radius 2 is 2.09 bits per heavy atom. The van der Waals surface area contributed by atoms with Crippen LogP contribution in [-0.2, 0) is 11.2 Å². The van der Waals surface area contributed by atoms with Gasteiger partial charge in [0.15, 0.2) is 0 Å². The summed E-state index contributed by atoms with van der Waals surface area (Å²) in [6, 6.07) is 4.78. The van der Waals surface area contributed by atoms with E-state index in [0.29, 0.717) is 31.1 Å². The molecule has 0 aromatic heterocycles. The van der Waals surface area contributed by atoms with E-state index in [0.717, 1.165) is 18.4 Å². The molecule has 1 aromatic rings. The molecule has 0 saturated heterocycles. The van der Waals surface area contributed by atoms with E-state index < -0.39 is 5.97 Å². The maximum Gasteiger partial charge on any atom is 0.335 e. The van der Waals surface area contributed by atoms with E-state index in [-0.39, 0.29) is 11.5 Å². The summed E-state index contributed by atoms with van der Waals surface area (Å²) < 4.78 is 5.21. The average Bonchev–Trinajstić information content (AvgIpc) is 2.47. The molecule has 1 rings (SSSR count). The summed E-state index contributed by atoms with van der Waals surface area (Å²) in [6.45, 7) is 4.71. The Morgan fingerprint density at radius 3 is 2.68 bits per heavy atom. The van der Waals surface area contributed by atoms with Crippen LogP contribution in [0.5, 0.6) is 5.75 Å². The molecule has 0 heterocycles. The fourth-order valence-corrected chi connectivity index (χ4v) is 2.40. The largest absolute Gasteiger partial charge is 0.496 e. The zero-order valence-corrected chi connectivity index (χ0v) is 13.5. The van der Waals surface area contributed by atoms with Gasteiger partial charge in [-0.3, -0.25) is 4.79 Å². The number of aromatic carboxylic acids is 1. The number of amides is 1. The summed E-state index contributed by atoms with van der Waals surface area (Å²) in [7, 11) is 1.51. The molecule has 0 radical (unpaired) electrons. The highest BCUT2D eigenvalue weighted by molar-refractivity contribution is 5.88. The summed E-state index contributed by atoms with van der Waals surface area (Å²) in [5, 5.41) is 11.9. The van der Waals surface area contributed by atoms with Crippen molar-refractivity contribution >= 4 is 11.9 Å². The molecule has 2 N–H and O–H groups in total. The fraction of sp³-hybridized carbons (Fsp3) is 0.529. The monoisotopic (exact) mass is 307 g/mol. The highest BCUT2D eigenvalue weighted by atomic mass is 16.5. The summed E-state index contributed by atoms with van der Waals surface area (Å²) >= 11 is 0. The third kappa shape index (κ3) is 5.76. The lowest BCUT2D eigenvalue weighted by molar-refractivity contribution is -0.121.